The average Bonchev–Trinajstić information content (AvgIpc) is 2.45. The van der Waals surface area contributed by atoms with Gasteiger partial charge in [-0.2, -0.15) is 0 Å². The molecule has 1 aromatic heterocycles. The van der Waals surface area contributed by atoms with Crippen LogP contribution in [-0.4, -0.2) is 22.0 Å². The van der Waals surface area contributed by atoms with Crippen LogP contribution in [0.4, 0.5) is 5.69 Å². The van der Waals surface area contributed by atoms with Crippen molar-refractivity contribution in [3.05, 3.63) is 58.9 Å². The van der Waals surface area contributed by atoms with Crippen molar-refractivity contribution < 1.29 is 14.7 Å². The van der Waals surface area contributed by atoms with Gasteiger partial charge in [0.05, 0.1) is 5.56 Å². The summed E-state index contributed by atoms with van der Waals surface area (Å²) in [6, 6.07) is 7.90. The zero-order valence-electron chi connectivity index (χ0n) is 11.0. The van der Waals surface area contributed by atoms with Crippen molar-refractivity contribution in [1.82, 2.24) is 4.98 Å². The summed E-state index contributed by atoms with van der Waals surface area (Å²) < 4.78 is 0. The van der Waals surface area contributed by atoms with Gasteiger partial charge in [0.15, 0.2) is 0 Å². The van der Waals surface area contributed by atoms with E-state index in [0.717, 1.165) is 5.56 Å². The molecule has 0 saturated carbocycles. The van der Waals surface area contributed by atoms with Gasteiger partial charge in [0.1, 0.15) is 0 Å². The molecule has 0 atom stereocenters. The normalized spacial score (nSPS) is 10.1. The lowest BCUT2D eigenvalue weighted by Gasteiger charge is -2.07. The van der Waals surface area contributed by atoms with E-state index in [0.29, 0.717) is 18.5 Å². The molecular formula is C15H13ClN2O3. The van der Waals surface area contributed by atoms with Gasteiger partial charge in [-0.1, -0.05) is 11.6 Å². The Kier molecular flexibility index (Phi) is 4.90. The van der Waals surface area contributed by atoms with E-state index in [-0.39, 0.29) is 16.5 Å². The van der Waals surface area contributed by atoms with Crippen LogP contribution in [-0.2, 0) is 11.2 Å². The first-order valence-electron chi connectivity index (χ1n) is 6.27. The van der Waals surface area contributed by atoms with Gasteiger partial charge >= 0.3 is 5.97 Å². The summed E-state index contributed by atoms with van der Waals surface area (Å²) in [6.07, 6.45) is 4.21. The lowest BCUT2D eigenvalue weighted by molar-refractivity contribution is -0.116. The number of benzene rings is 1. The van der Waals surface area contributed by atoms with Gasteiger partial charge in [0.25, 0.3) is 0 Å². The number of hydrogen-bond acceptors (Lipinski definition) is 3. The van der Waals surface area contributed by atoms with E-state index in [9.17, 15) is 9.59 Å². The number of amides is 1. The van der Waals surface area contributed by atoms with Crippen LogP contribution in [0.3, 0.4) is 0 Å². The molecule has 0 spiro atoms. The molecule has 0 bridgehead atoms. The Labute approximate surface area is 126 Å². The summed E-state index contributed by atoms with van der Waals surface area (Å²) in [5.41, 5.74) is 1.42. The van der Waals surface area contributed by atoms with Crippen molar-refractivity contribution >= 4 is 29.2 Å². The molecule has 0 aliphatic heterocycles. The number of nitrogens with zero attached hydrogens (tertiary/aromatic N) is 1. The lowest BCUT2D eigenvalue weighted by atomic mass is 10.1. The summed E-state index contributed by atoms with van der Waals surface area (Å²) in [4.78, 5) is 26.7. The smallest absolute Gasteiger partial charge is 0.335 e. The second-order valence-corrected chi connectivity index (χ2v) is 4.87. The lowest BCUT2D eigenvalue weighted by Crippen LogP contribution is -2.13. The van der Waals surface area contributed by atoms with Gasteiger partial charge in [0, 0.05) is 29.5 Å². The van der Waals surface area contributed by atoms with E-state index in [1.54, 1.807) is 12.4 Å². The summed E-state index contributed by atoms with van der Waals surface area (Å²) in [7, 11) is 0. The van der Waals surface area contributed by atoms with Crippen molar-refractivity contribution in [3.63, 3.8) is 0 Å². The predicted molar refractivity (Wildman–Crippen MR) is 79.6 cm³/mol. The van der Waals surface area contributed by atoms with Crippen LogP contribution in [0, 0.1) is 0 Å². The van der Waals surface area contributed by atoms with Crippen LogP contribution in [0.15, 0.2) is 42.7 Å². The molecule has 1 aromatic carbocycles. The third kappa shape index (κ3) is 4.57. The number of carboxylic acid groups (broad SMARTS) is 1. The molecule has 2 rings (SSSR count). The number of halogens is 1. The molecule has 0 radical (unpaired) electrons. The highest BCUT2D eigenvalue weighted by Crippen LogP contribution is 2.19. The molecular weight excluding hydrogens is 292 g/mol. The number of aromatic nitrogens is 1. The fourth-order valence-electron chi connectivity index (χ4n) is 1.82. The van der Waals surface area contributed by atoms with Crippen molar-refractivity contribution in [2.75, 3.05) is 5.32 Å². The minimum Gasteiger partial charge on any atom is -0.478 e. The van der Waals surface area contributed by atoms with Crippen LogP contribution in [0.2, 0.25) is 5.02 Å². The fraction of sp³-hybridized carbons (Fsp3) is 0.133. The number of carbonyl (C=O) groups excluding carboxylic acids is 1. The van der Waals surface area contributed by atoms with E-state index in [2.05, 4.69) is 10.3 Å². The van der Waals surface area contributed by atoms with Crippen molar-refractivity contribution in [2.45, 2.75) is 12.8 Å². The second kappa shape index (κ2) is 6.85. The Morgan fingerprint density at radius 3 is 2.57 bits per heavy atom. The number of rotatable bonds is 5. The van der Waals surface area contributed by atoms with Gasteiger partial charge in [-0.05, 0) is 42.3 Å². The molecule has 1 amide bonds. The maximum absolute atomic E-state index is 11.9. The topological polar surface area (TPSA) is 79.3 Å². The molecule has 0 fully saturated rings. The largest absolute Gasteiger partial charge is 0.478 e. The van der Waals surface area contributed by atoms with E-state index in [1.807, 2.05) is 12.1 Å². The molecule has 6 heteroatoms. The first-order chi connectivity index (χ1) is 10.0. The average molecular weight is 305 g/mol. The summed E-state index contributed by atoms with van der Waals surface area (Å²) in [5, 5.41) is 11.9. The van der Waals surface area contributed by atoms with Gasteiger partial charge in [-0.15, -0.1) is 0 Å². The Morgan fingerprint density at radius 1 is 1.19 bits per heavy atom. The number of pyridine rings is 1. The Bertz CT molecular complexity index is 659. The monoisotopic (exact) mass is 304 g/mol. The molecule has 108 valence electrons. The number of nitrogens with one attached hydrogen (secondary N) is 1. The predicted octanol–water partition coefficient (Wildman–Crippen LogP) is 3.00. The number of hydrogen-bond donors (Lipinski definition) is 2. The molecule has 2 N–H and O–H groups in total. The van der Waals surface area contributed by atoms with E-state index < -0.39 is 5.97 Å². The molecule has 0 aliphatic rings. The second-order valence-electron chi connectivity index (χ2n) is 4.44. The Balaban J connectivity index is 1.98. The maximum Gasteiger partial charge on any atom is 0.335 e. The molecule has 0 unspecified atom stereocenters. The number of carboxylic acids is 1. The number of aryl methyl sites for hydroxylation is 1. The zero-order valence-corrected chi connectivity index (χ0v) is 11.8. The molecule has 1 heterocycles. The van der Waals surface area contributed by atoms with Crippen molar-refractivity contribution in [3.8, 4) is 0 Å². The van der Waals surface area contributed by atoms with Crippen molar-refractivity contribution in [1.29, 1.82) is 0 Å². The van der Waals surface area contributed by atoms with Gasteiger partial charge < -0.3 is 10.4 Å². The van der Waals surface area contributed by atoms with Crippen LogP contribution in [0.5, 0.6) is 0 Å². The highest BCUT2D eigenvalue weighted by Gasteiger charge is 2.09. The highest BCUT2D eigenvalue weighted by molar-refractivity contribution is 6.31. The highest BCUT2D eigenvalue weighted by atomic mass is 35.5. The molecule has 2 aromatic rings. The van der Waals surface area contributed by atoms with Crippen LogP contribution in [0.1, 0.15) is 22.3 Å². The van der Waals surface area contributed by atoms with Crippen LogP contribution < -0.4 is 5.32 Å². The SMILES string of the molecule is O=C(CCc1ccncc1)Nc1cc(Cl)cc(C(=O)O)c1. The van der Waals surface area contributed by atoms with E-state index in [1.165, 1.54) is 18.2 Å². The minimum absolute atomic E-state index is 0.0342. The van der Waals surface area contributed by atoms with Gasteiger partial charge in [-0.3, -0.25) is 9.78 Å². The third-order valence-corrected chi connectivity index (χ3v) is 3.04. The van der Waals surface area contributed by atoms with Crippen LogP contribution in [0.25, 0.3) is 0 Å². The summed E-state index contributed by atoms with van der Waals surface area (Å²) >= 11 is 5.83. The number of aromatic carboxylic acids is 1. The van der Waals surface area contributed by atoms with Gasteiger partial charge in [0.2, 0.25) is 5.91 Å². The molecule has 21 heavy (non-hydrogen) atoms. The maximum atomic E-state index is 11.9. The summed E-state index contributed by atoms with van der Waals surface area (Å²) in [5.74, 6) is -1.30. The first-order valence-corrected chi connectivity index (χ1v) is 6.65. The number of anilines is 1. The molecule has 5 nitrogen and oxygen atoms in total. The van der Waals surface area contributed by atoms with E-state index >= 15 is 0 Å². The Hall–Kier alpha value is -2.40. The van der Waals surface area contributed by atoms with Gasteiger partial charge in [-0.25, -0.2) is 4.79 Å². The van der Waals surface area contributed by atoms with Crippen LogP contribution >= 0.6 is 11.6 Å². The molecule has 0 aliphatic carbocycles. The zero-order chi connectivity index (χ0) is 15.2. The van der Waals surface area contributed by atoms with E-state index in [4.69, 9.17) is 16.7 Å². The Morgan fingerprint density at radius 2 is 1.90 bits per heavy atom. The first kappa shape index (κ1) is 15.0. The fourth-order valence-corrected chi connectivity index (χ4v) is 2.05. The molecule has 0 saturated heterocycles. The quantitative estimate of drug-likeness (QED) is 0.890. The standard InChI is InChI=1S/C15H13ClN2O3/c16-12-7-11(15(20)21)8-13(9-12)18-14(19)2-1-10-3-5-17-6-4-10/h3-9H,1-2H2,(H,18,19)(H,20,21). The summed E-state index contributed by atoms with van der Waals surface area (Å²) in [6.45, 7) is 0. The third-order valence-electron chi connectivity index (χ3n) is 2.82. The van der Waals surface area contributed by atoms with Crippen molar-refractivity contribution in [2.24, 2.45) is 0 Å². The number of carbonyl (C=O) groups is 2. The minimum atomic E-state index is -1.09.